The van der Waals surface area contributed by atoms with Crippen LogP contribution in [0.4, 0.5) is 13.2 Å². The Balaban J connectivity index is 2.05. The van der Waals surface area contributed by atoms with Gasteiger partial charge < -0.3 is 10.1 Å². The fourth-order valence-corrected chi connectivity index (χ4v) is 2.96. The van der Waals surface area contributed by atoms with Crippen molar-refractivity contribution in [2.24, 2.45) is 11.8 Å². The number of alkyl halides is 3. The largest absolute Gasteiger partial charge is 0.418 e. The molecule has 1 amide bonds. The summed E-state index contributed by atoms with van der Waals surface area (Å²) in [5.74, 6) is -0.319. The third-order valence-corrected chi connectivity index (χ3v) is 4.05. The Hall–Kier alpha value is -1.63. The van der Waals surface area contributed by atoms with Crippen LogP contribution in [0.25, 0.3) is 0 Å². The quantitative estimate of drug-likeness (QED) is 0.922. The van der Waals surface area contributed by atoms with Crippen LogP contribution in [0, 0.1) is 11.8 Å². The number of carbonyl (C=O) groups is 1. The minimum atomic E-state index is -4.60. The summed E-state index contributed by atoms with van der Waals surface area (Å²) in [5.41, 5.74) is -1.41. The molecule has 1 fully saturated rings. The Labute approximate surface area is 133 Å². The number of nitrogens with zero attached hydrogens (tertiary/aromatic N) is 1. The summed E-state index contributed by atoms with van der Waals surface area (Å²) in [5, 5.41) is 2.62. The highest BCUT2D eigenvalue weighted by Crippen LogP contribution is 2.31. The number of ether oxygens (including phenoxy) is 1. The first-order chi connectivity index (χ1) is 10.8. The van der Waals surface area contributed by atoms with Crippen molar-refractivity contribution in [3.63, 3.8) is 0 Å². The smallest absolute Gasteiger partial charge is 0.378 e. The number of carbonyl (C=O) groups excluding carboxylic acids is 1. The van der Waals surface area contributed by atoms with Gasteiger partial charge in [0.05, 0.1) is 17.2 Å². The van der Waals surface area contributed by atoms with E-state index in [1.165, 1.54) is 6.20 Å². The van der Waals surface area contributed by atoms with Crippen molar-refractivity contribution >= 4 is 5.91 Å². The lowest BCUT2D eigenvalue weighted by molar-refractivity contribution is -0.138. The zero-order valence-electron chi connectivity index (χ0n) is 13.2. The van der Waals surface area contributed by atoms with Crippen LogP contribution in [-0.2, 0) is 10.9 Å². The van der Waals surface area contributed by atoms with Crippen LogP contribution < -0.4 is 5.32 Å². The standard InChI is InChI=1S/C16H21F3N2O2/c1-10(2)14-11(4-3-7-23-14)8-21-15(22)12-5-6-20-9-13(12)16(17,18)19/h5-6,9-11,14H,3-4,7-8H2,1-2H3,(H,21,22). The van der Waals surface area contributed by atoms with Gasteiger partial charge >= 0.3 is 6.18 Å². The van der Waals surface area contributed by atoms with Gasteiger partial charge in [-0.25, -0.2) is 0 Å². The van der Waals surface area contributed by atoms with Crippen molar-refractivity contribution in [2.75, 3.05) is 13.2 Å². The number of rotatable bonds is 4. The van der Waals surface area contributed by atoms with E-state index in [4.69, 9.17) is 4.74 Å². The SMILES string of the molecule is CC(C)C1OCCCC1CNC(=O)c1ccncc1C(F)(F)F. The fraction of sp³-hybridized carbons (Fsp3) is 0.625. The van der Waals surface area contributed by atoms with Gasteiger partial charge in [-0.05, 0) is 24.8 Å². The van der Waals surface area contributed by atoms with Gasteiger partial charge in [-0.15, -0.1) is 0 Å². The van der Waals surface area contributed by atoms with Gasteiger partial charge in [-0.3, -0.25) is 9.78 Å². The number of pyridine rings is 1. The van der Waals surface area contributed by atoms with Crippen molar-refractivity contribution in [1.29, 1.82) is 0 Å². The molecule has 1 N–H and O–H groups in total. The second-order valence-corrected chi connectivity index (χ2v) is 6.11. The van der Waals surface area contributed by atoms with Crippen LogP contribution in [0.15, 0.2) is 18.5 Å². The van der Waals surface area contributed by atoms with E-state index in [0.717, 1.165) is 18.9 Å². The van der Waals surface area contributed by atoms with E-state index in [2.05, 4.69) is 10.3 Å². The van der Waals surface area contributed by atoms with Crippen molar-refractivity contribution < 1.29 is 22.7 Å². The highest BCUT2D eigenvalue weighted by Gasteiger charge is 2.36. The van der Waals surface area contributed by atoms with E-state index in [1.54, 1.807) is 0 Å². The summed E-state index contributed by atoms with van der Waals surface area (Å²) in [7, 11) is 0. The molecular formula is C16H21F3N2O2. The molecule has 2 unspecified atom stereocenters. The molecule has 23 heavy (non-hydrogen) atoms. The van der Waals surface area contributed by atoms with Crippen LogP contribution in [0.1, 0.15) is 42.6 Å². The molecule has 0 radical (unpaired) electrons. The maximum absolute atomic E-state index is 12.9. The molecular weight excluding hydrogens is 309 g/mol. The zero-order valence-corrected chi connectivity index (χ0v) is 13.2. The Morgan fingerprint density at radius 2 is 2.22 bits per heavy atom. The Kier molecular flexibility index (Phi) is 5.62. The minimum Gasteiger partial charge on any atom is -0.378 e. The Morgan fingerprint density at radius 1 is 1.48 bits per heavy atom. The highest BCUT2D eigenvalue weighted by molar-refractivity contribution is 5.95. The highest BCUT2D eigenvalue weighted by atomic mass is 19.4. The first kappa shape index (κ1) is 17.7. The molecule has 2 heterocycles. The summed E-state index contributed by atoms with van der Waals surface area (Å²) in [6, 6.07) is 1.09. The molecule has 7 heteroatoms. The first-order valence-electron chi connectivity index (χ1n) is 7.71. The summed E-state index contributed by atoms with van der Waals surface area (Å²) >= 11 is 0. The monoisotopic (exact) mass is 330 g/mol. The molecule has 1 aromatic heterocycles. The number of amides is 1. The van der Waals surface area contributed by atoms with E-state index < -0.39 is 23.2 Å². The van der Waals surface area contributed by atoms with Gasteiger partial charge in [0.25, 0.3) is 5.91 Å². The molecule has 0 spiro atoms. The molecule has 0 aromatic carbocycles. The van der Waals surface area contributed by atoms with Gasteiger partial charge in [0.2, 0.25) is 0 Å². The number of hydrogen-bond donors (Lipinski definition) is 1. The second-order valence-electron chi connectivity index (χ2n) is 6.11. The Morgan fingerprint density at radius 3 is 2.87 bits per heavy atom. The molecule has 1 aromatic rings. The van der Waals surface area contributed by atoms with Gasteiger partial charge in [0.15, 0.2) is 0 Å². The lowest BCUT2D eigenvalue weighted by Crippen LogP contribution is -2.41. The van der Waals surface area contributed by atoms with E-state index >= 15 is 0 Å². The molecule has 4 nitrogen and oxygen atoms in total. The minimum absolute atomic E-state index is 0.0172. The Bertz CT molecular complexity index is 546. The van der Waals surface area contributed by atoms with E-state index in [-0.39, 0.29) is 12.0 Å². The summed E-state index contributed by atoms with van der Waals surface area (Å²) in [6.45, 7) is 5.07. The molecule has 1 aliphatic heterocycles. The maximum Gasteiger partial charge on any atom is 0.418 e. The third-order valence-electron chi connectivity index (χ3n) is 4.05. The van der Waals surface area contributed by atoms with Crippen molar-refractivity contribution in [1.82, 2.24) is 10.3 Å². The van der Waals surface area contributed by atoms with Gasteiger partial charge in [-0.1, -0.05) is 13.8 Å². The summed E-state index contributed by atoms with van der Waals surface area (Å²) in [4.78, 5) is 15.6. The van der Waals surface area contributed by atoms with Crippen molar-refractivity contribution in [2.45, 2.75) is 39.0 Å². The molecule has 128 valence electrons. The van der Waals surface area contributed by atoms with Crippen molar-refractivity contribution in [3.05, 3.63) is 29.6 Å². The normalized spacial score (nSPS) is 22.2. The van der Waals surface area contributed by atoms with E-state index in [0.29, 0.717) is 25.3 Å². The molecule has 2 atom stereocenters. The van der Waals surface area contributed by atoms with Crippen molar-refractivity contribution in [3.8, 4) is 0 Å². The van der Waals surface area contributed by atoms with Gasteiger partial charge in [-0.2, -0.15) is 13.2 Å². The average molecular weight is 330 g/mol. The second kappa shape index (κ2) is 7.29. The van der Waals surface area contributed by atoms with Crippen LogP contribution in [0.5, 0.6) is 0 Å². The summed E-state index contributed by atoms with van der Waals surface area (Å²) in [6.07, 6.45) is -0.933. The third kappa shape index (κ3) is 4.43. The lowest BCUT2D eigenvalue weighted by Gasteiger charge is -2.34. The maximum atomic E-state index is 12.9. The predicted octanol–water partition coefficient (Wildman–Crippen LogP) is 3.28. The molecule has 2 rings (SSSR count). The van der Waals surface area contributed by atoms with Crippen LogP contribution in [0.3, 0.4) is 0 Å². The lowest BCUT2D eigenvalue weighted by atomic mass is 9.87. The number of nitrogens with one attached hydrogen (secondary N) is 1. The van der Waals surface area contributed by atoms with Crippen LogP contribution in [0.2, 0.25) is 0 Å². The van der Waals surface area contributed by atoms with Gasteiger partial charge in [0.1, 0.15) is 0 Å². The molecule has 0 saturated carbocycles. The van der Waals surface area contributed by atoms with Crippen LogP contribution in [-0.4, -0.2) is 30.1 Å². The predicted molar refractivity (Wildman–Crippen MR) is 78.9 cm³/mol. The van der Waals surface area contributed by atoms with E-state index in [9.17, 15) is 18.0 Å². The van der Waals surface area contributed by atoms with Crippen LogP contribution >= 0.6 is 0 Å². The fourth-order valence-electron chi connectivity index (χ4n) is 2.96. The number of hydrogen-bond acceptors (Lipinski definition) is 3. The average Bonchev–Trinajstić information content (AvgIpc) is 2.52. The first-order valence-corrected chi connectivity index (χ1v) is 7.71. The van der Waals surface area contributed by atoms with E-state index in [1.807, 2.05) is 13.8 Å². The zero-order chi connectivity index (χ0) is 17.0. The molecule has 0 aliphatic carbocycles. The summed E-state index contributed by atoms with van der Waals surface area (Å²) < 4.78 is 44.5. The molecule has 0 bridgehead atoms. The number of halogens is 3. The van der Waals surface area contributed by atoms with Gasteiger partial charge in [0, 0.05) is 31.5 Å². The molecule has 1 aliphatic rings. The topological polar surface area (TPSA) is 51.2 Å². The molecule has 1 saturated heterocycles. The number of aromatic nitrogens is 1.